The van der Waals surface area contributed by atoms with Gasteiger partial charge in [0.25, 0.3) is 5.91 Å². The van der Waals surface area contributed by atoms with Gasteiger partial charge in [0.2, 0.25) is 12.7 Å². The number of ether oxygens (including phenoxy) is 3. The molecule has 2 amide bonds. The predicted octanol–water partition coefficient (Wildman–Crippen LogP) is 3.28. The summed E-state index contributed by atoms with van der Waals surface area (Å²) < 4.78 is 21.2. The Morgan fingerprint density at radius 2 is 1.83 bits per heavy atom. The molecule has 2 N–H and O–H groups in total. The van der Waals surface area contributed by atoms with E-state index in [0.717, 1.165) is 5.56 Å². The molecule has 0 saturated heterocycles. The van der Waals surface area contributed by atoms with Crippen LogP contribution in [0, 0.1) is 0 Å². The second kappa shape index (κ2) is 11.5. The molecule has 1 atom stereocenters. The first-order valence-electron chi connectivity index (χ1n) is 10.9. The number of thioether (sulfide) groups is 1. The van der Waals surface area contributed by atoms with Crippen molar-refractivity contribution in [3.05, 3.63) is 77.7 Å². The molecule has 9 nitrogen and oxygen atoms in total. The molecule has 4 rings (SSSR count). The number of furan rings is 1. The predicted molar refractivity (Wildman–Crippen MR) is 127 cm³/mol. The van der Waals surface area contributed by atoms with E-state index in [1.54, 1.807) is 48.5 Å². The molecule has 0 radical (unpaired) electrons. The summed E-state index contributed by atoms with van der Waals surface area (Å²) in [6.07, 6.45) is 0.530. The number of benzene rings is 2. The quantitative estimate of drug-likeness (QED) is 0.325. The second-order valence-corrected chi connectivity index (χ2v) is 8.61. The number of amides is 2. The summed E-state index contributed by atoms with van der Waals surface area (Å²) in [5, 5.41) is 5.50. The highest BCUT2D eigenvalue weighted by molar-refractivity contribution is 8.00. The van der Waals surface area contributed by atoms with Crippen molar-refractivity contribution >= 4 is 29.5 Å². The molecule has 0 bridgehead atoms. The van der Waals surface area contributed by atoms with Crippen LogP contribution in [0.5, 0.6) is 11.5 Å². The third kappa shape index (κ3) is 6.57. The van der Waals surface area contributed by atoms with Crippen LogP contribution in [-0.2, 0) is 27.4 Å². The summed E-state index contributed by atoms with van der Waals surface area (Å²) in [6, 6.07) is 15.7. The van der Waals surface area contributed by atoms with Gasteiger partial charge in [-0.1, -0.05) is 18.2 Å². The third-order valence-electron chi connectivity index (χ3n) is 5.06. The van der Waals surface area contributed by atoms with E-state index in [9.17, 15) is 14.4 Å². The van der Waals surface area contributed by atoms with Crippen LogP contribution in [0.15, 0.2) is 70.2 Å². The summed E-state index contributed by atoms with van der Waals surface area (Å²) in [5.41, 5.74) is 1.11. The summed E-state index contributed by atoms with van der Waals surface area (Å²) in [7, 11) is 0. The molecule has 0 unspecified atom stereocenters. The first-order valence-corrected chi connectivity index (χ1v) is 11.9. The van der Waals surface area contributed by atoms with E-state index in [4.69, 9.17) is 18.6 Å². The van der Waals surface area contributed by atoms with Crippen molar-refractivity contribution in [3.8, 4) is 11.5 Å². The highest BCUT2D eigenvalue weighted by Gasteiger charge is 2.21. The average Bonchev–Trinajstić information content (AvgIpc) is 3.56. The summed E-state index contributed by atoms with van der Waals surface area (Å²) in [5.74, 6) is 0.766. The molecule has 1 aromatic heterocycles. The van der Waals surface area contributed by atoms with Crippen LogP contribution in [-0.4, -0.2) is 36.4 Å². The molecule has 35 heavy (non-hydrogen) atoms. The minimum atomic E-state index is -1.01. The molecular weight excluding hydrogens is 472 g/mol. The summed E-state index contributed by atoms with van der Waals surface area (Å²) in [6.45, 7) is 2.21. The van der Waals surface area contributed by atoms with Gasteiger partial charge in [0.1, 0.15) is 5.76 Å². The largest absolute Gasteiger partial charge is 0.467 e. The fraction of sp³-hybridized carbons (Fsp3) is 0.240. The average molecular weight is 497 g/mol. The zero-order valence-electron chi connectivity index (χ0n) is 18.9. The van der Waals surface area contributed by atoms with Crippen molar-refractivity contribution in [2.24, 2.45) is 0 Å². The Morgan fingerprint density at radius 1 is 1.00 bits per heavy atom. The standard InChI is InChI=1S/C25H24N2O7S/c1-16(24(29)27-12-17-8-9-20-21(11-17)33-15-32-20)34-25(30)19-6-2-3-7-22(19)35-14-23(28)26-13-18-5-4-10-31-18/h2-11,16H,12-15H2,1H3,(H,26,28)(H,27,29)/t16-/m1/s1. The van der Waals surface area contributed by atoms with Gasteiger partial charge in [0.05, 0.1) is 24.1 Å². The van der Waals surface area contributed by atoms with Gasteiger partial charge in [0, 0.05) is 11.4 Å². The van der Waals surface area contributed by atoms with Crippen molar-refractivity contribution in [2.75, 3.05) is 12.5 Å². The molecule has 0 aliphatic carbocycles. The Bertz CT molecular complexity index is 1200. The lowest BCUT2D eigenvalue weighted by molar-refractivity contribution is -0.129. The molecule has 0 saturated carbocycles. The number of carbonyl (C=O) groups is 3. The Balaban J connectivity index is 1.26. The van der Waals surface area contributed by atoms with Gasteiger partial charge in [-0.05, 0) is 48.9 Å². The van der Waals surface area contributed by atoms with Gasteiger partial charge >= 0.3 is 5.97 Å². The Morgan fingerprint density at radius 3 is 2.66 bits per heavy atom. The van der Waals surface area contributed by atoms with Crippen molar-refractivity contribution in [2.45, 2.75) is 31.0 Å². The van der Waals surface area contributed by atoms with E-state index < -0.39 is 18.0 Å². The highest BCUT2D eigenvalue weighted by atomic mass is 32.2. The van der Waals surface area contributed by atoms with Gasteiger partial charge in [-0.3, -0.25) is 9.59 Å². The van der Waals surface area contributed by atoms with Crippen LogP contribution in [0.4, 0.5) is 0 Å². The molecular formula is C25H24N2O7S. The van der Waals surface area contributed by atoms with Crippen LogP contribution in [0.2, 0.25) is 0 Å². The number of nitrogens with one attached hydrogen (secondary N) is 2. The lowest BCUT2D eigenvalue weighted by Crippen LogP contribution is -2.35. The number of fused-ring (bicyclic) bond motifs is 1. The lowest BCUT2D eigenvalue weighted by Gasteiger charge is -2.15. The van der Waals surface area contributed by atoms with Crippen LogP contribution in [0.25, 0.3) is 0 Å². The molecule has 182 valence electrons. The zero-order valence-corrected chi connectivity index (χ0v) is 19.8. The first-order chi connectivity index (χ1) is 17.0. The molecule has 10 heteroatoms. The van der Waals surface area contributed by atoms with Crippen LogP contribution in [0.3, 0.4) is 0 Å². The third-order valence-corrected chi connectivity index (χ3v) is 6.14. The van der Waals surface area contributed by atoms with E-state index in [0.29, 0.717) is 22.2 Å². The van der Waals surface area contributed by atoms with E-state index in [-0.39, 0.29) is 37.1 Å². The van der Waals surface area contributed by atoms with E-state index in [2.05, 4.69) is 10.6 Å². The molecule has 0 fully saturated rings. The minimum absolute atomic E-state index is 0.108. The summed E-state index contributed by atoms with van der Waals surface area (Å²) >= 11 is 1.21. The number of hydrogen-bond donors (Lipinski definition) is 2. The monoisotopic (exact) mass is 496 g/mol. The normalized spacial score (nSPS) is 12.6. The maximum Gasteiger partial charge on any atom is 0.340 e. The molecule has 2 heterocycles. The highest BCUT2D eigenvalue weighted by Crippen LogP contribution is 2.32. The Kier molecular flexibility index (Phi) is 7.94. The van der Waals surface area contributed by atoms with Crippen LogP contribution >= 0.6 is 11.8 Å². The van der Waals surface area contributed by atoms with E-state index >= 15 is 0 Å². The zero-order chi connectivity index (χ0) is 24.6. The molecule has 3 aromatic rings. The maximum atomic E-state index is 12.7. The van der Waals surface area contributed by atoms with Gasteiger partial charge in [-0.2, -0.15) is 0 Å². The molecule has 1 aliphatic heterocycles. The molecule has 1 aliphatic rings. The summed E-state index contributed by atoms with van der Waals surface area (Å²) in [4.78, 5) is 38.0. The van der Waals surface area contributed by atoms with Crippen LogP contribution in [0.1, 0.15) is 28.6 Å². The first kappa shape index (κ1) is 24.2. The number of rotatable bonds is 10. The van der Waals surface area contributed by atoms with Gasteiger partial charge in [-0.25, -0.2) is 4.79 Å². The SMILES string of the molecule is C[C@@H](OC(=O)c1ccccc1SCC(=O)NCc1ccco1)C(=O)NCc1ccc2c(c1)OCO2. The van der Waals surface area contributed by atoms with E-state index in [1.807, 2.05) is 6.07 Å². The van der Waals surface area contributed by atoms with Gasteiger partial charge in [-0.15, -0.1) is 11.8 Å². The van der Waals surface area contributed by atoms with Crippen molar-refractivity contribution in [3.63, 3.8) is 0 Å². The minimum Gasteiger partial charge on any atom is -0.467 e. The van der Waals surface area contributed by atoms with Crippen LogP contribution < -0.4 is 20.1 Å². The fourth-order valence-electron chi connectivity index (χ4n) is 3.22. The van der Waals surface area contributed by atoms with Gasteiger partial charge < -0.3 is 29.3 Å². The number of esters is 1. The Labute approximate surface area is 206 Å². The molecule has 0 spiro atoms. The number of hydrogen-bond acceptors (Lipinski definition) is 8. The fourth-order valence-corrected chi connectivity index (χ4v) is 4.09. The number of carbonyl (C=O) groups excluding carboxylic acids is 3. The van der Waals surface area contributed by atoms with Crippen molar-refractivity contribution < 1.29 is 33.0 Å². The maximum absolute atomic E-state index is 12.7. The second-order valence-electron chi connectivity index (χ2n) is 7.59. The Hall–Kier alpha value is -3.92. The van der Waals surface area contributed by atoms with Crippen molar-refractivity contribution in [1.82, 2.24) is 10.6 Å². The molecule has 2 aromatic carbocycles. The smallest absolute Gasteiger partial charge is 0.340 e. The van der Waals surface area contributed by atoms with Crippen molar-refractivity contribution in [1.29, 1.82) is 0 Å². The lowest BCUT2D eigenvalue weighted by atomic mass is 10.2. The van der Waals surface area contributed by atoms with Gasteiger partial charge in [0.15, 0.2) is 17.6 Å². The topological polar surface area (TPSA) is 116 Å². The van der Waals surface area contributed by atoms with E-state index in [1.165, 1.54) is 24.9 Å².